The lowest BCUT2D eigenvalue weighted by Gasteiger charge is -2.27. The molecule has 1 rings (SSSR count). The van der Waals surface area contributed by atoms with Crippen LogP contribution in [0.1, 0.15) is 25.7 Å². The van der Waals surface area contributed by atoms with Crippen LogP contribution in [-0.2, 0) is 9.53 Å². The molecular formula is C8H11F3O3. The Morgan fingerprint density at radius 3 is 2.36 bits per heavy atom. The summed E-state index contributed by atoms with van der Waals surface area (Å²) in [6, 6.07) is 0. The molecule has 0 saturated heterocycles. The van der Waals surface area contributed by atoms with E-state index in [1.165, 1.54) is 0 Å². The number of carbonyl (C=O) groups is 1. The SMILES string of the molecule is O=C(O[C@@H]1CCCC[C@H]1O)C(F)(F)F. The molecule has 0 aromatic rings. The van der Waals surface area contributed by atoms with Crippen LogP contribution in [0.3, 0.4) is 0 Å². The Balaban J connectivity index is 2.46. The van der Waals surface area contributed by atoms with Gasteiger partial charge in [-0.3, -0.25) is 0 Å². The maximum atomic E-state index is 11.8. The van der Waals surface area contributed by atoms with Gasteiger partial charge in [0.2, 0.25) is 0 Å². The summed E-state index contributed by atoms with van der Waals surface area (Å²) in [5.74, 6) is -2.22. The van der Waals surface area contributed by atoms with Crippen LogP contribution < -0.4 is 0 Å². The number of aliphatic hydroxyl groups is 1. The smallest absolute Gasteiger partial charge is 0.453 e. The van der Waals surface area contributed by atoms with Crippen molar-refractivity contribution in [2.45, 2.75) is 44.1 Å². The van der Waals surface area contributed by atoms with E-state index < -0.39 is 24.4 Å². The van der Waals surface area contributed by atoms with Crippen LogP contribution >= 0.6 is 0 Å². The molecule has 0 aliphatic heterocycles. The minimum absolute atomic E-state index is 0.295. The maximum Gasteiger partial charge on any atom is 0.490 e. The average molecular weight is 212 g/mol. The van der Waals surface area contributed by atoms with Crippen LogP contribution in [0.4, 0.5) is 13.2 Å². The molecule has 0 spiro atoms. The van der Waals surface area contributed by atoms with Crippen molar-refractivity contribution in [3.8, 4) is 0 Å². The van der Waals surface area contributed by atoms with Crippen molar-refractivity contribution in [1.82, 2.24) is 0 Å². The Kier molecular flexibility index (Phi) is 3.36. The van der Waals surface area contributed by atoms with Gasteiger partial charge in [-0.25, -0.2) is 4.79 Å². The standard InChI is InChI=1S/C8H11F3O3/c9-8(10,11)7(13)14-6-4-2-1-3-5(6)12/h5-6,12H,1-4H2/t5-,6-/m1/s1. The van der Waals surface area contributed by atoms with Crippen LogP contribution in [-0.4, -0.2) is 29.5 Å². The van der Waals surface area contributed by atoms with E-state index in [1.54, 1.807) is 0 Å². The molecule has 1 saturated carbocycles. The summed E-state index contributed by atoms with van der Waals surface area (Å²) in [5.41, 5.74) is 0. The number of hydrogen-bond acceptors (Lipinski definition) is 3. The highest BCUT2D eigenvalue weighted by molar-refractivity contribution is 5.75. The maximum absolute atomic E-state index is 11.8. The van der Waals surface area contributed by atoms with Crippen LogP contribution in [0.15, 0.2) is 0 Å². The summed E-state index contributed by atoms with van der Waals surface area (Å²) in [4.78, 5) is 10.4. The van der Waals surface area contributed by atoms with Crippen molar-refractivity contribution in [2.75, 3.05) is 0 Å². The summed E-state index contributed by atoms with van der Waals surface area (Å²) >= 11 is 0. The third-order valence-electron chi connectivity index (χ3n) is 2.16. The number of hydrogen-bond donors (Lipinski definition) is 1. The molecule has 1 fully saturated rings. The monoisotopic (exact) mass is 212 g/mol. The molecule has 0 aromatic heterocycles. The van der Waals surface area contributed by atoms with E-state index in [9.17, 15) is 23.1 Å². The van der Waals surface area contributed by atoms with Gasteiger partial charge < -0.3 is 9.84 Å². The number of carbonyl (C=O) groups excluding carboxylic acids is 1. The fraction of sp³-hybridized carbons (Fsp3) is 0.875. The van der Waals surface area contributed by atoms with Gasteiger partial charge in [0.15, 0.2) is 0 Å². The number of rotatable bonds is 1. The van der Waals surface area contributed by atoms with E-state index in [0.717, 1.165) is 6.42 Å². The number of aliphatic hydroxyl groups excluding tert-OH is 1. The first-order valence-corrected chi connectivity index (χ1v) is 4.37. The first kappa shape index (κ1) is 11.3. The Morgan fingerprint density at radius 1 is 1.29 bits per heavy atom. The van der Waals surface area contributed by atoms with Gasteiger partial charge in [0.25, 0.3) is 0 Å². The molecule has 82 valence electrons. The molecule has 1 N–H and O–H groups in total. The van der Waals surface area contributed by atoms with Gasteiger partial charge in [-0.1, -0.05) is 6.42 Å². The molecule has 0 radical (unpaired) electrons. The number of esters is 1. The lowest BCUT2D eigenvalue weighted by molar-refractivity contribution is -0.210. The molecule has 3 nitrogen and oxygen atoms in total. The second-order valence-corrected chi connectivity index (χ2v) is 3.29. The minimum Gasteiger partial charge on any atom is -0.453 e. The topological polar surface area (TPSA) is 46.5 Å². The first-order valence-electron chi connectivity index (χ1n) is 4.37. The van der Waals surface area contributed by atoms with Gasteiger partial charge in [-0.2, -0.15) is 13.2 Å². The zero-order chi connectivity index (χ0) is 10.8. The van der Waals surface area contributed by atoms with E-state index in [0.29, 0.717) is 19.3 Å². The molecule has 0 amide bonds. The summed E-state index contributed by atoms with van der Waals surface area (Å²) in [5, 5.41) is 9.24. The quantitative estimate of drug-likeness (QED) is 0.668. The molecule has 0 bridgehead atoms. The normalized spacial score (nSPS) is 28.6. The lowest BCUT2D eigenvalue weighted by atomic mass is 9.95. The summed E-state index contributed by atoms with van der Waals surface area (Å²) in [6.45, 7) is 0. The van der Waals surface area contributed by atoms with Gasteiger partial charge in [0, 0.05) is 0 Å². The van der Waals surface area contributed by atoms with E-state index in [4.69, 9.17) is 0 Å². The second kappa shape index (κ2) is 4.16. The number of ether oxygens (including phenoxy) is 1. The second-order valence-electron chi connectivity index (χ2n) is 3.29. The van der Waals surface area contributed by atoms with E-state index in [2.05, 4.69) is 4.74 Å². The van der Waals surface area contributed by atoms with Crippen molar-refractivity contribution in [3.05, 3.63) is 0 Å². The fourth-order valence-corrected chi connectivity index (χ4v) is 1.42. The predicted molar refractivity (Wildman–Crippen MR) is 40.4 cm³/mol. The Hall–Kier alpha value is -0.780. The first-order chi connectivity index (χ1) is 6.41. The molecular weight excluding hydrogens is 201 g/mol. The third-order valence-corrected chi connectivity index (χ3v) is 2.16. The summed E-state index contributed by atoms with van der Waals surface area (Å²) in [7, 11) is 0. The van der Waals surface area contributed by atoms with Gasteiger partial charge in [0.1, 0.15) is 6.10 Å². The van der Waals surface area contributed by atoms with Gasteiger partial charge in [-0.15, -0.1) is 0 Å². The highest BCUT2D eigenvalue weighted by atomic mass is 19.4. The number of halogens is 3. The summed E-state index contributed by atoms with van der Waals surface area (Å²) < 4.78 is 39.5. The van der Waals surface area contributed by atoms with Crippen LogP contribution in [0.2, 0.25) is 0 Å². The van der Waals surface area contributed by atoms with E-state index in [-0.39, 0.29) is 0 Å². The van der Waals surface area contributed by atoms with Crippen LogP contribution in [0.25, 0.3) is 0 Å². The molecule has 6 heteroatoms. The fourth-order valence-electron chi connectivity index (χ4n) is 1.42. The molecule has 0 aromatic carbocycles. The Morgan fingerprint density at radius 2 is 1.86 bits per heavy atom. The third kappa shape index (κ3) is 2.87. The largest absolute Gasteiger partial charge is 0.490 e. The predicted octanol–water partition coefficient (Wildman–Crippen LogP) is 1.40. The zero-order valence-electron chi connectivity index (χ0n) is 7.38. The number of alkyl halides is 3. The Bertz CT molecular complexity index is 214. The molecule has 14 heavy (non-hydrogen) atoms. The molecule has 1 aliphatic carbocycles. The molecule has 2 atom stereocenters. The van der Waals surface area contributed by atoms with Crippen LogP contribution in [0, 0.1) is 0 Å². The van der Waals surface area contributed by atoms with Crippen molar-refractivity contribution in [1.29, 1.82) is 0 Å². The zero-order valence-corrected chi connectivity index (χ0v) is 7.38. The van der Waals surface area contributed by atoms with Crippen LogP contribution in [0.5, 0.6) is 0 Å². The van der Waals surface area contributed by atoms with E-state index in [1.807, 2.05) is 0 Å². The summed E-state index contributed by atoms with van der Waals surface area (Å²) in [6.07, 6.45) is -4.84. The molecule has 1 aliphatic rings. The Labute approximate surface area is 78.9 Å². The molecule has 0 unspecified atom stereocenters. The van der Waals surface area contributed by atoms with E-state index >= 15 is 0 Å². The van der Waals surface area contributed by atoms with Crippen molar-refractivity contribution >= 4 is 5.97 Å². The molecule has 0 heterocycles. The van der Waals surface area contributed by atoms with Crippen molar-refractivity contribution in [2.24, 2.45) is 0 Å². The minimum atomic E-state index is -4.98. The highest BCUT2D eigenvalue weighted by Gasteiger charge is 2.43. The van der Waals surface area contributed by atoms with Crippen molar-refractivity contribution < 1.29 is 27.8 Å². The van der Waals surface area contributed by atoms with Gasteiger partial charge in [0.05, 0.1) is 6.10 Å². The van der Waals surface area contributed by atoms with Gasteiger partial charge in [-0.05, 0) is 19.3 Å². The van der Waals surface area contributed by atoms with Gasteiger partial charge >= 0.3 is 12.1 Å². The van der Waals surface area contributed by atoms with Crippen molar-refractivity contribution in [3.63, 3.8) is 0 Å². The lowest BCUT2D eigenvalue weighted by Crippen LogP contribution is -2.38. The highest BCUT2D eigenvalue weighted by Crippen LogP contribution is 2.24. The average Bonchev–Trinajstić information content (AvgIpc) is 2.07.